The summed E-state index contributed by atoms with van der Waals surface area (Å²) >= 11 is 0. The van der Waals surface area contributed by atoms with Crippen molar-refractivity contribution in [3.63, 3.8) is 0 Å². The Morgan fingerprint density at radius 3 is 2.41 bits per heavy atom. The van der Waals surface area contributed by atoms with E-state index >= 15 is 0 Å². The average molecular weight is 441 g/mol. The zero-order valence-corrected chi connectivity index (χ0v) is 18.7. The number of ether oxygens (including phenoxy) is 1. The summed E-state index contributed by atoms with van der Waals surface area (Å²) in [5.74, 6) is -2.14. The van der Waals surface area contributed by atoms with Crippen LogP contribution >= 0.6 is 0 Å². The van der Waals surface area contributed by atoms with E-state index in [1.807, 2.05) is 0 Å². The maximum atomic E-state index is 14.8. The minimum absolute atomic E-state index is 0.132. The van der Waals surface area contributed by atoms with Gasteiger partial charge < -0.3 is 19.6 Å². The van der Waals surface area contributed by atoms with Crippen LogP contribution in [0.2, 0.25) is 0 Å². The number of ketones is 1. The first-order valence-corrected chi connectivity index (χ1v) is 10.8. The fourth-order valence-electron chi connectivity index (χ4n) is 4.12. The fraction of sp³-hybridized carbons (Fsp3) is 0.360. The zero-order valence-electron chi connectivity index (χ0n) is 18.7. The van der Waals surface area contributed by atoms with E-state index in [9.17, 15) is 19.1 Å². The lowest BCUT2D eigenvalue weighted by atomic mass is 9.94. The largest absolute Gasteiger partial charge is 0.507 e. The number of hydrogen-bond acceptors (Lipinski definition) is 5. The molecule has 0 aliphatic carbocycles. The van der Waals surface area contributed by atoms with Crippen LogP contribution in [0.25, 0.3) is 5.76 Å². The topological polar surface area (TPSA) is 70.1 Å². The lowest BCUT2D eigenvalue weighted by Crippen LogP contribution is -2.33. The minimum Gasteiger partial charge on any atom is -0.507 e. The molecule has 0 spiro atoms. The lowest BCUT2D eigenvalue weighted by Gasteiger charge is -2.27. The zero-order chi connectivity index (χ0) is 23.3. The highest BCUT2D eigenvalue weighted by Crippen LogP contribution is 2.41. The molecule has 1 atom stereocenters. The molecule has 1 unspecified atom stereocenters. The Bertz CT molecular complexity index is 1020. The van der Waals surface area contributed by atoms with Gasteiger partial charge in [-0.1, -0.05) is 44.2 Å². The first-order chi connectivity index (χ1) is 15.4. The number of likely N-dealkylation sites (tertiary alicyclic amines) is 1. The third kappa shape index (κ3) is 4.53. The van der Waals surface area contributed by atoms with Crippen LogP contribution in [0.3, 0.4) is 0 Å². The number of nitrogens with zero attached hydrogens (tertiary/aromatic N) is 2. The molecule has 1 fully saturated rings. The molecule has 1 aliphatic rings. The van der Waals surface area contributed by atoms with Crippen molar-refractivity contribution in [3.05, 3.63) is 71.0 Å². The summed E-state index contributed by atoms with van der Waals surface area (Å²) < 4.78 is 20.1. The molecule has 1 aliphatic heterocycles. The van der Waals surface area contributed by atoms with Crippen LogP contribution in [0.1, 0.15) is 37.4 Å². The SMILES string of the molecule is CCN(CC)CCCN1C(=O)C(=O)/C(=C(/O)c2ccccc2OC)C1c1ccccc1F. The fourth-order valence-corrected chi connectivity index (χ4v) is 4.12. The third-order valence-electron chi connectivity index (χ3n) is 5.87. The summed E-state index contributed by atoms with van der Waals surface area (Å²) in [7, 11) is 1.45. The molecule has 0 aromatic heterocycles. The Balaban J connectivity index is 2.08. The summed E-state index contributed by atoms with van der Waals surface area (Å²) in [6.07, 6.45) is 0.619. The van der Waals surface area contributed by atoms with Gasteiger partial charge in [0.25, 0.3) is 11.7 Å². The molecule has 1 N–H and O–H groups in total. The molecule has 2 aromatic rings. The van der Waals surface area contributed by atoms with Gasteiger partial charge in [0.05, 0.1) is 24.3 Å². The van der Waals surface area contributed by atoms with Crippen molar-refractivity contribution in [1.29, 1.82) is 0 Å². The number of Topliss-reactive ketones (excluding diaryl/α,β-unsaturated/α-hetero) is 1. The van der Waals surface area contributed by atoms with E-state index in [0.29, 0.717) is 12.2 Å². The number of aliphatic hydroxyl groups excluding tert-OH is 1. The monoisotopic (exact) mass is 440 g/mol. The highest BCUT2D eigenvalue weighted by molar-refractivity contribution is 6.46. The van der Waals surface area contributed by atoms with Crippen LogP contribution in [0.5, 0.6) is 5.75 Å². The van der Waals surface area contributed by atoms with Gasteiger partial charge >= 0.3 is 0 Å². The number of rotatable bonds is 9. The second kappa shape index (κ2) is 10.4. The van der Waals surface area contributed by atoms with Gasteiger partial charge in [0.1, 0.15) is 17.3 Å². The van der Waals surface area contributed by atoms with Crippen molar-refractivity contribution in [2.75, 3.05) is 33.3 Å². The number of carbonyl (C=O) groups excluding carboxylic acids is 2. The molecular weight excluding hydrogens is 411 g/mol. The molecule has 0 radical (unpaired) electrons. The summed E-state index contributed by atoms with van der Waals surface area (Å²) in [5, 5.41) is 11.1. The van der Waals surface area contributed by atoms with Crippen LogP contribution in [0.4, 0.5) is 4.39 Å². The van der Waals surface area contributed by atoms with E-state index in [-0.39, 0.29) is 29.0 Å². The molecule has 170 valence electrons. The van der Waals surface area contributed by atoms with E-state index in [4.69, 9.17) is 4.74 Å². The van der Waals surface area contributed by atoms with Crippen LogP contribution in [0, 0.1) is 5.82 Å². The first-order valence-electron chi connectivity index (χ1n) is 10.8. The number of aliphatic hydroxyl groups is 1. The number of halogens is 1. The van der Waals surface area contributed by atoms with E-state index in [1.165, 1.54) is 18.1 Å². The maximum Gasteiger partial charge on any atom is 0.295 e. The van der Waals surface area contributed by atoms with Crippen molar-refractivity contribution in [3.8, 4) is 5.75 Å². The molecule has 0 saturated carbocycles. The molecule has 0 bridgehead atoms. The van der Waals surface area contributed by atoms with E-state index in [1.54, 1.807) is 42.5 Å². The van der Waals surface area contributed by atoms with Crippen LogP contribution < -0.4 is 4.74 Å². The molecule has 7 heteroatoms. The summed E-state index contributed by atoms with van der Waals surface area (Å²) in [6, 6.07) is 11.7. The normalized spacial score (nSPS) is 17.9. The maximum absolute atomic E-state index is 14.8. The molecule has 6 nitrogen and oxygen atoms in total. The molecule has 2 aromatic carbocycles. The van der Waals surface area contributed by atoms with Crippen molar-refractivity contribution >= 4 is 17.4 Å². The van der Waals surface area contributed by atoms with Crippen molar-refractivity contribution < 1.29 is 23.8 Å². The average Bonchev–Trinajstić information content (AvgIpc) is 3.06. The second-order valence-electron chi connectivity index (χ2n) is 7.59. The van der Waals surface area contributed by atoms with Gasteiger partial charge in [-0.05, 0) is 44.3 Å². The Kier molecular flexibility index (Phi) is 7.64. The van der Waals surface area contributed by atoms with Gasteiger partial charge in [-0.3, -0.25) is 9.59 Å². The molecule has 3 rings (SSSR count). The Morgan fingerprint density at radius 2 is 1.75 bits per heavy atom. The van der Waals surface area contributed by atoms with Crippen LogP contribution in [-0.2, 0) is 9.59 Å². The predicted octanol–water partition coefficient (Wildman–Crippen LogP) is 3.99. The first kappa shape index (κ1) is 23.5. The predicted molar refractivity (Wildman–Crippen MR) is 121 cm³/mol. The summed E-state index contributed by atoms with van der Waals surface area (Å²) in [5.41, 5.74) is 0.316. The standard InChI is InChI=1S/C25H29FN2O4/c1-4-27(5-2)15-10-16-28-22(17-11-6-8-13-19(17)26)21(24(30)25(28)31)23(29)18-12-7-9-14-20(18)32-3/h6-9,11-14,22,29H,4-5,10,15-16H2,1-3H3/b23-21+. The van der Waals surface area contributed by atoms with Gasteiger partial charge in [0.2, 0.25) is 0 Å². The van der Waals surface area contributed by atoms with Gasteiger partial charge in [-0.25, -0.2) is 4.39 Å². The van der Waals surface area contributed by atoms with Crippen molar-refractivity contribution in [2.24, 2.45) is 0 Å². The van der Waals surface area contributed by atoms with Crippen LogP contribution in [0.15, 0.2) is 54.1 Å². The molecule has 1 heterocycles. The number of para-hydroxylation sites is 1. The summed E-state index contributed by atoms with van der Waals surface area (Å²) in [6.45, 7) is 6.87. The number of methoxy groups -OCH3 is 1. The number of hydrogen-bond donors (Lipinski definition) is 1. The molecular formula is C25H29FN2O4. The van der Waals surface area contributed by atoms with E-state index in [2.05, 4.69) is 18.7 Å². The van der Waals surface area contributed by atoms with E-state index in [0.717, 1.165) is 19.6 Å². The third-order valence-corrected chi connectivity index (χ3v) is 5.87. The number of carbonyl (C=O) groups is 2. The Labute approximate surface area is 187 Å². The van der Waals surface area contributed by atoms with Gasteiger partial charge in [-0.15, -0.1) is 0 Å². The van der Waals surface area contributed by atoms with Crippen molar-refractivity contribution in [2.45, 2.75) is 26.3 Å². The number of benzene rings is 2. The lowest BCUT2D eigenvalue weighted by molar-refractivity contribution is -0.140. The number of amides is 1. The van der Waals surface area contributed by atoms with Gasteiger partial charge in [-0.2, -0.15) is 0 Å². The molecule has 32 heavy (non-hydrogen) atoms. The highest BCUT2D eigenvalue weighted by atomic mass is 19.1. The molecule has 1 saturated heterocycles. The Morgan fingerprint density at radius 1 is 1.09 bits per heavy atom. The van der Waals surface area contributed by atoms with Gasteiger partial charge in [0.15, 0.2) is 0 Å². The molecule has 1 amide bonds. The smallest absolute Gasteiger partial charge is 0.295 e. The van der Waals surface area contributed by atoms with Gasteiger partial charge in [0, 0.05) is 12.1 Å². The quantitative estimate of drug-likeness (QED) is 0.363. The Hall–Kier alpha value is -3.19. The van der Waals surface area contributed by atoms with Crippen LogP contribution in [-0.4, -0.2) is 59.9 Å². The van der Waals surface area contributed by atoms with Crippen molar-refractivity contribution in [1.82, 2.24) is 9.80 Å². The highest BCUT2D eigenvalue weighted by Gasteiger charge is 2.46. The minimum atomic E-state index is -1.02. The second-order valence-corrected chi connectivity index (χ2v) is 7.59. The van der Waals surface area contributed by atoms with E-state index < -0.39 is 23.5 Å². The summed E-state index contributed by atoms with van der Waals surface area (Å²) in [4.78, 5) is 29.6.